The molecule has 1 aliphatic rings. The highest BCUT2D eigenvalue weighted by atomic mass is 28.3. The summed E-state index contributed by atoms with van der Waals surface area (Å²) in [6, 6.07) is 64.6. The number of para-hydroxylation sites is 4. The van der Waals surface area contributed by atoms with Gasteiger partial charge < -0.3 is 14.2 Å². The van der Waals surface area contributed by atoms with E-state index in [1.807, 2.05) is 6.07 Å². The Kier molecular flexibility index (Phi) is 7.96. The summed E-state index contributed by atoms with van der Waals surface area (Å²) in [5.41, 5.74) is 11.2. The lowest BCUT2D eigenvalue weighted by atomic mass is 9.95. The molecule has 0 saturated carbocycles. The van der Waals surface area contributed by atoms with Gasteiger partial charge >= 0.3 is 0 Å². The van der Waals surface area contributed by atoms with Crippen molar-refractivity contribution in [3.8, 4) is 11.1 Å². The second-order valence-corrected chi connectivity index (χ2v) is 26.0. The molecule has 0 saturated heterocycles. The van der Waals surface area contributed by atoms with Gasteiger partial charge in [0.1, 0.15) is 13.7 Å². The monoisotopic (exact) mass is 756 g/mol. The van der Waals surface area contributed by atoms with Crippen molar-refractivity contribution in [2.24, 2.45) is 0 Å². The second kappa shape index (κ2) is 13.0. The van der Waals surface area contributed by atoms with Crippen LogP contribution >= 0.6 is 0 Å². The fourth-order valence-corrected chi connectivity index (χ4v) is 13.2. The van der Waals surface area contributed by atoms with E-state index in [0.717, 1.165) is 44.7 Å². The van der Waals surface area contributed by atoms with Crippen LogP contribution in [-0.2, 0) is 0 Å². The molecule has 5 heteroatoms. The van der Waals surface area contributed by atoms with Gasteiger partial charge in [-0.2, -0.15) is 0 Å². The van der Waals surface area contributed by atoms with E-state index in [1.54, 1.807) is 0 Å². The molecule has 0 aliphatic carbocycles. The Balaban J connectivity index is 1.16. The smallest absolute Gasteiger partial charge is 0.159 e. The lowest BCUT2D eigenvalue weighted by molar-refractivity contribution is 0.669. The van der Waals surface area contributed by atoms with Crippen molar-refractivity contribution >= 4 is 98.5 Å². The van der Waals surface area contributed by atoms with E-state index in [0.29, 0.717) is 0 Å². The highest BCUT2D eigenvalue weighted by molar-refractivity contribution is 7.03. The highest BCUT2D eigenvalue weighted by Crippen LogP contribution is 2.47. The average molecular weight is 757 g/mol. The Morgan fingerprint density at radius 3 is 1.77 bits per heavy atom. The summed E-state index contributed by atoms with van der Waals surface area (Å²) in [6.07, 6.45) is 0. The number of benzene rings is 8. The lowest BCUT2D eigenvalue weighted by Gasteiger charge is -2.36. The summed E-state index contributed by atoms with van der Waals surface area (Å²) >= 11 is 0. The molecular formula is C51H44N2OSi2. The molecule has 2 heterocycles. The van der Waals surface area contributed by atoms with Gasteiger partial charge in [-0.05, 0) is 93.6 Å². The van der Waals surface area contributed by atoms with E-state index < -0.39 is 16.1 Å². The zero-order valence-electron chi connectivity index (χ0n) is 32.5. The number of nitrogens with zero attached hydrogens (tertiary/aromatic N) is 2. The third-order valence-corrected chi connectivity index (χ3v) is 17.4. The number of anilines is 6. The molecule has 3 nitrogen and oxygen atoms in total. The molecule has 0 radical (unpaired) electrons. The van der Waals surface area contributed by atoms with Gasteiger partial charge in [0.25, 0.3) is 0 Å². The fraction of sp³-hybridized carbons (Fsp3) is 0.0980. The van der Waals surface area contributed by atoms with E-state index in [9.17, 15) is 0 Å². The first-order valence-corrected chi connectivity index (χ1v) is 26.1. The Hall–Kier alpha value is -6.15. The summed E-state index contributed by atoms with van der Waals surface area (Å²) in [6.45, 7) is 12.3. The van der Waals surface area contributed by atoms with E-state index in [1.165, 1.54) is 48.8 Å². The Morgan fingerprint density at radius 1 is 0.446 bits per heavy atom. The van der Waals surface area contributed by atoms with Crippen molar-refractivity contribution in [2.75, 3.05) is 9.80 Å². The molecule has 8 aromatic carbocycles. The minimum absolute atomic E-state index is 0.892. The van der Waals surface area contributed by atoms with Crippen LogP contribution in [0.4, 0.5) is 34.1 Å². The van der Waals surface area contributed by atoms with Crippen molar-refractivity contribution in [3.05, 3.63) is 176 Å². The zero-order valence-corrected chi connectivity index (χ0v) is 34.5. The number of fused-ring (bicyclic) bond motifs is 5. The molecule has 272 valence electrons. The van der Waals surface area contributed by atoms with Crippen LogP contribution < -0.4 is 25.4 Å². The fourth-order valence-electron chi connectivity index (χ4n) is 8.93. The molecule has 10 rings (SSSR count). The number of hydrogen-bond acceptors (Lipinski definition) is 3. The van der Waals surface area contributed by atoms with Crippen LogP contribution in [0.1, 0.15) is 0 Å². The SMILES string of the molecule is C[Si](C)(C)c1ccc(N(c2ccccc2)c2ccc3c(c2)[Si](C)(C)c2cccc4c(N(c5ccccc5)c5cccc6c5oc5ccccc56)ccc-3c24)cc1. The van der Waals surface area contributed by atoms with Gasteiger partial charge in [0.05, 0.1) is 19.4 Å². The standard InChI is InChI=1S/C51H44N2OSi2/c1-55(2,3)39-29-26-37(27-30-39)52(35-16-8-6-9-17-35)38-28-31-41-42-32-33-45(44-22-15-25-48(50(42)44)56(4,5)49(41)34-38)53(36-18-10-7-11-19-36)46-23-14-21-43-40-20-12-13-24-47(40)54-51(43)46/h6-34H,1-5H3. The predicted molar refractivity (Wildman–Crippen MR) is 246 cm³/mol. The van der Waals surface area contributed by atoms with Gasteiger partial charge in [0.15, 0.2) is 5.58 Å². The van der Waals surface area contributed by atoms with Crippen LogP contribution in [0.15, 0.2) is 180 Å². The van der Waals surface area contributed by atoms with Gasteiger partial charge in [-0.3, -0.25) is 0 Å². The molecule has 0 atom stereocenters. The van der Waals surface area contributed by atoms with Gasteiger partial charge in [-0.15, -0.1) is 0 Å². The third-order valence-electron chi connectivity index (χ3n) is 11.8. The molecule has 1 aromatic heterocycles. The van der Waals surface area contributed by atoms with Gasteiger partial charge in [-0.25, -0.2) is 0 Å². The molecule has 0 bridgehead atoms. The first kappa shape index (κ1) is 34.4. The summed E-state index contributed by atoms with van der Waals surface area (Å²) in [7, 11) is -3.65. The number of furan rings is 1. The topological polar surface area (TPSA) is 19.6 Å². The maximum atomic E-state index is 6.66. The van der Waals surface area contributed by atoms with Gasteiger partial charge in [-0.1, -0.05) is 147 Å². The summed E-state index contributed by atoms with van der Waals surface area (Å²) < 4.78 is 6.66. The molecular weight excluding hydrogens is 713 g/mol. The molecule has 0 N–H and O–H groups in total. The Morgan fingerprint density at radius 2 is 1.04 bits per heavy atom. The van der Waals surface area contributed by atoms with Crippen LogP contribution in [0.25, 0.3) is 43.8 Å². The van der Waals surface area contributed by atoms with Gasteiger partial charge in [0, 0.05) is 38.9 Å². The van der Waals surface area contributed by atoms with Crippen molar-refractivity contribution in [2.45, 2.75) is 32.7 Å². The quantitative estimate of drug-likeness (QED) is 0.151. The van der Waals surface area contributed by atoms with Crippen LogP contribution in [0, 0.1) is 0 Å². The van der Waals surface area contributed by atoms with E-state index in [-0.39, 0.29) is 0 Å². The normalized spacial score (nSPS) is 13.2. The van der Waals surface area contributed by atoms with Crippen molar-refractivity contribution in [1.29, 1.82) is 0 Å². The van der Waals surface area contributed by atoms with Crippen LogP contribution in [0.3, 0.4) is 0 Å². The molecule has 0 spiro atoms. The van der Waals surface area contributed by atoms with E-state index >= 15 is 0 Å². The summed E-state index contributed by atoms with van der Waals surface area (Å²) in [4.78, 5) is 4.82. The predicted octanol–water partition coefficient (Wildman–Crippen LogP) is 13.0. The van der Waals surface area contributed by atoms with E-state index in [4.69, 9.17) is 4.42 Å². The first-order valence-electron chi connectivity index (χ1n) is 19.6. The van der Waals surface area contributed by atoms with Crippen LogP contribution in [-0.4, -0.2) is 16.1 Å². The third kappa shape index (κ3) is 5.45. The maximum Gasteiger partial charge on any atom is 0.159 e. The minimum atomic E-state index is -2.22. The van der Waals surface area contributed by atoms with Gasteiger partial charge in [0.2, 0.25) is 0 Å². The largest absolute Gasteiger partial charge is 0.454 e. The zero-order chi connectivity index (χ0) is 38.2. The Bertz CT molecular complexity index is 2930. The maximum absolute atomic E-state index is 6.66. The van der Waals surface area contributed by atoms with Crippen molar-refractivity contribution in [1.82, 2.24) is 0 Å². The van der Waals surface area contributed by atoms with Crippen LogP contribution in [0.5, 0.6) is 0 Å². The average Bonchev–Trinajstić information content (AvgIpc) is 3.61. The highest BCUT2D eigenvalue weighted by Gasteiger charge is 2.37. The number of hydrogen-bond donors (Lipinski definition) is 0. The first-order chi connectivity index (χ1) is 27.2. The molecule has 0 amide bonds. The van der Waals surface area contributed by atoms with Crippen molar-refractivity contribution < 1.29 is 4.42 Å². The molecule has 0 unspecified atom stereocenters. The Labute approximate surface area is 331 Å². The molecule has 9 aromatic rings. The molecule has 56 heavy (non-hydrogen) atoms. The minimum Gasteiger partial charge on any atom is -0.454 e. The second-order valence-electron chi connectivity index (χ2n) is 16.6. The summed E-state index contributed by atoms with van der Waals surface area (Å²) in [5, 5.41) is 9.27. The van der Waals surface area contributed by atoms with Crippen LogP contribution in [0.2, 0.25) is 32.7 Å². The van der Waals surface area contributed by atoms with E-state index in [2.05, 4.69) is 212 Å². The van der Waals surface area contributed by atoms with Crippen molar-refractivity contribution in [3.63, 3.8) is 0 Å². The summed E-state index contributed by atoms with van der Waals surface area (Å²) in [5.74, 6) is 0. The molecule has 0 fully saturated rings. The lowest BCUT2D eigenvalue weighted by Crippen LogP contribution is -2.56. The molecule has 1 aliphatic heterocycles. The number of rotatable bonds is 7.